The monoisotopic (exact) mass is 258 g/mol. The first-order valence-corrected chi connectivity index (χ1v) is 6.01. The second-order valence-electron chi connectivity index (χ2n) is 4.75. The van der Waals surface area contributed by atoms with Gasteiger partial charge in [-0.3, -0.25) is 0 Å². The molecule has 0 fully saturated rings. The highest BCUT2D eigenvalue weighted by Crippen LogP contribution is 2.28. The molecule has 0 aliphatic rings. The van der Waals surface area contributed by atoms with Crippen LogP contribution in [0.4, 0.5) is 4.39 Å². The Bertz CT molecular complexity index is 660. The van der Waals surface area contributed by atoms with E-state index >= 15 is 0 Å². The number of hydrogen-bond acceptors (Lipinski definition) is 1. The molecule has 0 spiro atoms. The minimum atomic E-state index is -1.12. The molecule has 0 aliphatic heterocycles. The molecule has 98 valence electrons. The van der Waals surface area contributed by atoms with Crippen molar-refractivity contribution in [2.75, 3.05) is 0 Å². The predicted molar refractivity (Wildman–Crippen MR) is 73.0 cm³/mol. The second kappa shape index (κ2) is 4.84. The lowest BCUT2D eigenvalue weighted by atomic mass is 9.95. The summed E-state index contributed by atoms with van der Waals surface area (Å²) in [6, 6.07) is 8.40. The molecule has 2 aromatic rings. The molecule has 0 atom stereocenters. The van der Waals surface area contributed by atoms with E-state index in [9.17, 15) is 14.3 Å². The molecule has 0 saturated heterocycles. The summed E-state index contributed by atoms with van der Waals surface area (Å²) in [6.07, 6.45) is 0. The third kappa shape index (κ3) is 2.50. The summed E-state index contributed by atoms with van der Waals surface area (Å²) < 4.78 is 13.5. The maximum atomic E-state index is 13.5. The van der Waals surface area contributed by atoms with E-state index in [2.05, 4.69) is 0 Å². The molecular formula is C16H15FO2. The lowest BCUT2D eigenvalue weighted by Crippen LogP contribution is -2.02. The third-order valence-electron chi connectivity index (χ3n) is 3.35. The number of carboxylic acids is 1. The van der Waals surface area contributed by atoms with Gasteiger partial charge in [0.25, 0.3) is 0 Å². The van der Waals surface area contributed by atoms with Crippen molar-refractivity contribution in [1.29, 1.82) is 0 Å². The van der Waals surface area contributed by atoms with Gasteiger partial charge in [-0.15, -0.1) is 0 Å². The molecule has 2 nitrogen and oxygen atoms in total. The average molecular weight is 258 g/mol. The van der Waals surface area contributed by atoms with Crippen molar-refractivity contribution >= 4 is 5.97 Å². The summed E-state index contributed by atoms with van der Waals surface area (Å²) in [5, 5.41) is 9.20. The van der Waals surface area contributed by atoms with Crippen LogP contribution in [0, 0.1) is 26.6 Å². The molecule has 1 N–H and O–H groups in total. The molecule has 0 radical (unpaired) electrons. The maximum absolute atomic E-state index is 13.5. The number of aryl methyl sites for hydroxylation is 3. The summed E-state index contributed by atoms with van der Waals surface area (Å²) in [4.78, 5) is 11.2. The fourth-order valence-corrected chi connectivity index (χ4v) is 2.01. The molecule has 0 saturated carbocycles. The highest BCUT2D eigenvalue weighted by molar-refractivity contribution is 5.96. The normalized spacial score (nSPS) is 10.5. The lowest BCUT2D eigenvalue weighted by Gasteiger charge is -2.10. The predicted octanol–water partition coefficient (Wildman–Crippen LogP) is 4.12. The van der Waals surface area contributed by atoms with E-state index in [0.29, 0.717) is 11.1 Å². The van der Waals surface area contributed by atoms with Crippen LogP contribution in [0.1, 0.15) is 27.0 Å². The number of benzene rings is 2. The van der Waals surface area contributed by atoms with Crippen LogP contribution in [-0.4, -0.2) is 11.1 Å². The van der Waals surface area contributed by atoms with Gasteiger partial charge in [0.2, 0.25) is 0 Å². The quantitative estimate of drug-likeness (QED) is 0.879. The van der Waals surface area contributed by atoms with E-state index in [0.717, 1.165) is 22.8 Å². The Kier molecular flexibility index (Phi) is 3.38. The minimum absolute atomic E-state index is 0.00801. The molecule has 0 aromatic heterocycles. The summed E-state index contributed by atoms with van der Waals surface area (Å²) in [7, 11) is 0. The van der Waals surface area contributed by atoms with Gasteiger partial charge in [0.15, 0.2) is 0 Å². The fourth-order valence-electron chi connectivity index (χ4n) is 2.01. The zero-order chi connectivity index (χ0) is 14.2. The summed E-state index contributed by atoms with van der Waals surface area (Å²) in [5.41, 5.74) is 4.00. The zero-order valence-corrected chi connectivity index (χ0v) is 11.1. The molecule has 0 unspecified atom stereocenters. The van der Waals surface area contributed by atoms with Crippen molar-refractivity contribution in [3.05, 3.63) is 58.4 Å². The number of carboxylic acid groups (broad SMARTS) is 1. The van der Waals surface area contributed by atoms with Crippen molar-refractivity contribution in [3.8, 4) is 11.1 Å². The number of hydrogen-bond donors (Lipinski definition) is 1. The van der Waals surface area contributed by atoms with E-state index in [1.54, 1.807) is 13.0 Å². The van der Waals surface area contributed by atoms with Crippen LogP contribution in [-0.2, 0) is 0 Å². The van der Waals surface area contributed by atoms with Gasteiger partial charge in [-0.25, -0.2) is 9.18 Å². The van der Waals surface area contributed by atoms with Crippen LogP contribution < -0.4 is 0 Å². The van der Waals surface area contributed by atoms with Crippen LogP contribution in [0.5, 0.6) is 0 Å². The van der Waals surface area contributed by atoms with Crippen LogP contribution in [0.25, 0.3) is 11.1 Å². The van der Waals surface area contributed by atoms with Gasteiger partial charge in [0, 0.05) is 0 Å². The highest BCUT2D eigenvalue weighted by atomic mass is 19.1. The van der Waals surface area contributed by atoms with Crippen LogP contribution in [0.15, 0.2) is 30.3 Å². The van der Waals surface area contributed by atoms with Gasteiger partial charge in [0.05, 0.1) is 5.56 Å². The molecule has 0 aliphatic carbocycles. The molecule has 0 amide bonds. The first kappa shape index (κ1) is 13.3. The standard InChI is InChI=1S/C16H15FO2/c1-9-4-5-12(6-10(9)2)13-7-11(3)15(17)8-14(13)16(18)19/h4-8H,1-3H3,(H,18,19). The third-order valence-corrected chi connectivity index (χ3v) is 3.35. The molecule has 2 aromatic carbocycles. The number of rotatable bonds is 2. The van der Waals surface area contributed by atoms with Gasteiger partial charge in [-0.1, -0.05) is 18.2 Å². The Labute approximate surface area is 111 Å². The first-order chi connectivity index (χ1) is 8.90. The van der Waals surface area contributed by atoms with E-state index in [-0.39, 0.29) is 5.56 Å². The molecule has 3 heteroatoms. The Morgan fingerprint density at radius 1 is 1.00 bits per heavy atom. The Balaban J connectivity index is 2.69. The molecular weight excluding hydrogens is 243 g/mol. The number of carbonyl (C=O) groups is 1. The molecule has 2 rings (SSSR count). The summed E-state index contributed by atoms with van der Waals surface area (Å²) in [6.45, 7) is 5.59. The van der Waals surface area contributed by atoms with Crippen LogP contribution in [0.2, 0.25) is 0 Å². The smallest absolute Gasteiger partial charge is 0.336 e. The van der Waals surface area contributed by atoms with E-state index in [1.807, 2.05) is 32.0 Å². The van der Waals surface area contributed by atoms with Crippen molar-refractivity contribution in [2.45, 2.75) is 20.8 Å². The van der Waals surface area contributed by atoms with Gasteiger partial charge in [-0.2, -0.15) is 0 Å². The van der Waals surface area contributed by atoms with Gasteiger partial charge >= 0.3 is 5.97 Å². The Morgan fingerprint density at radius 2 is 1.68 bits per heavy atom. The molecule has 19 heavy (non-hydrogen) atoms. The largest absolute Gasteiger partial charge is 0.478 e. The van der Waals surface area contributed by atoms with E-state index < -0.39 is 11.8 Å². The topological polar surface area (TPSA) is 37.3 Å². The maximum Gasteiger partial charge on any atom is 0.336 e. The number of halogens is 1. The Hall–Kier alpha value is -2.16. The van der Waals surface area contributed by atoms with Gasteiger partial charge in [0.1, 0.15) is 5.82 Å². The van der Waals surface area contributed by atoms with Crippen LogP contribution >= 0.6 is 0 Å². The molecule has 0 bridgehead atoms. The van der Waals surface area contributed by atoms with Crippen molar-refractivity contribution < 1.29 is 14.3 Å². The Morgan fingerprint density at radius 3 is 2.26 bits per heavy atom. The molecule has 0 heterocycles. The SMILES string of the molecule is Cc1ccc(-c2cc(C)c(F)cc2C(=O)O)cc1C. The van der Waals surface area contributed by atoms with Gasteiger partial charge < -0.3 is 5.11 Å². The van der Waals surface area contributed by atoms with Crippen LogP contribution in [0.3, 0.4) is 0 Å². The van der Waals surface area contributed by atoms with Crippen molar-refractivity contribution in [2.24, 2.45) is 0 Å². The summed E-state index contributed by atoms with van der Waals surface area (Å²) in [5.74, 6) is -1.61. The minimum Gasteiger partial charge on any atom is -0.478 e. The van der Waals surface area contributed by atoms with Crippen molar-refractivity contribution in [3.63, 3.8) is 0 Å². The fraction of sp³-hybridized carbons (Fsp3) is 0.188. The van der Waals surface area contributed by atoms with Gasteiger partial charge in [-0.05, 0) is 60.7 Å². The second-order valence-corrected chi connectivity index (χ2v) is 4.75. The highest BCUT2D eigenvalue weighted by Gasteiger charge is 2.15. The zero-order valence-electron chi connectivity index (χ0n) is 11.1. The van der Waals surface area contributed by atoms with E-state index in [1.165, 1.54) is 0 Å². The lowest BCUT2D eigenvalue weighted by molar-refractivity contribution is 0.0697. The van der Waals surface area contributed by atoms with E-state index in [4.69, 9.17) is 0 Å². The average Bonchev–Trinajstić information content (AvgIpc) is 2.35. The summed E-state index contributed by atoms with van der Waals surface area (Å²) >= 11 is 0. The first-order valence-electron chi connectivity index (χ1n) is 6.01. The number of aromatic carboxylic acids is 1. The van der Waals surface area contributed by atoms with Crippen molar-refractivity contribution in [1.82, 2.24) is 0 Å².